The highest BCUT2D eigenvalue weighted by molar-refractivity contribution is 9.10. The number of esters is 1. The molecule has 1 atom stereocenters. The maximum absolute atomic E-state index is 14.0. The van der Waals surface area contributed by atoms with Gasteiger partial charge in [-0.05, 0) is 53.5 Å². The molecule has 0 saturated carbocycles. The largest absolute Gasteiger partial charge is 0.493 e. The number of fused-ring (bicyclic) bond motifs is 1. The molecule has 33 heavy (non-hydrogen) atoms. The van der Waals surface area contributed by atoms with E-state index in [9.17, 15) is 9.18 Å². The highest BCUT2D eigenvalue weighted by Gasteiger charge is 2.35. The first kappa shape index (κ1) is 22.8. The van der Waals surface area contributed by atoms with Gasteiger partial charge in [-0.15, -0.1) is 0 Å². The smallest absolute Gasteiger partial charge is 0.338 e. The van der Waals surface area contributed by atoms with E-state index in [1.807, 2.05) is 6.07 Å². The van der Waals surface area contributed by atoms with Crippen molar-refractivity contribution in [3.05, 3.63) is 75.4 Å². The number of hydrogen-bond donors (Lipinski definition) is 1. The van der Waals surface area contributed by atoms with Crippen LogP contribution in [0.1, 0.15) is 31.0 Å². The molecule has 0 aliphatic carbocycles. The van der Waals surface area contributed by atoms with Crippen LogP contribution in [0.3, 0.4) is 0 Å². The zero-order valence-corrected chi connectivity index (χ0v) is 19.8. The number of ether oxygens (including phenoxy) is 3. The molecule has 1 aliphatic heterocycles. The normalized spacial score (nSPS) is 15.0. The minimum Gasteiger partial charge on any atom is -0.493 e. The fourth-order valence-corrected chi connectivity index (χ4v) is 4.25. The minimum absolute atomic E-state index is 0.0225. The molecule has 0 spiro atoms. The number of methoxy groups -OCH3 is 1. The molecule has 0 radical (unpaired) electrons. The van der Waals surface area contributed by atoms with Gasteiger partial charge in [-0.1, -0.05) is 18.2 Å². The van der Waals surface area contributed by atoms with E-state index < -0.39 is 12.0 Å². The van der Waals surface area contributed by atoms with Gasteiger partial charge in [0.2, 0.25) is 5.95 Å². The Morgan fingerprint density at radius 2 is 2.09 bits per heavy atom. The fourth-order valence-electron chi connectivity index (χ4n) is 3.68. The van der Waals surface area contributed by atoms with Crippen LogP contribution in [0.25, 0.3) is 0 Å². The van der Waals surface area contributed by atoms with Crippen LogP contribution in [-0.2, 0) is 16.1 Å². The summed E-state index contributed by atoms with van der Waals surface area (Å²) in [5, 5.41) is 7.40. The average Bonchev–Trinajstić information content (AvgIpc) is 3.26. The van der Waals surface area contributed by atoms with Gasteiger partial charge in [0, 0.05) is 11.3 Å². The lowest BCUT2D eigenvalue weighted by atomic mass is 9.95. The maximum atomic E-state index is 14.0. The van der Waals surface area contributed by atoms with E-state index in [-0.39, 0.29) is 19.0 Å². The zero-order valence-electron chi connectivity index (χ0n) is 18.3. The van der Waals surface area contributed by atoms with Crippen molar-refractivity contribution in [3.63, 3.8) is 0 Å². The fraction of sp³-hybridized carbons (Fsp3) is 0.261. The number of benzene rings is 2. The monoisotopic (exact) mass is 516 g/mol. The molecule has 10 heteroatoms. The number of anilines is 1. The molecule has 0 amide bonds. The number of carbonyl (C=O) groups is 1. The quantitative estimate of drug-likeness (QED) is 0.458. The van der Waals surface area contributed by atoms with E-state index in [4.69, 9.17) is 14.2 Å². The molecule has 172 valence electrons. The number of aromatic nitrogens is 3. The molecule has 2 heterocycles. The molecule has 1 aromatic heterocycles. The molecule has 1 unspecified atom stereocenters. The van der Waals surface area contributed by atoms with Gasteiger partial charge in [0.25, 0.3) is 0 Å². The van der Waals surface area contributed by atoms with Crippen molar-refractivity contribution in [1.29, 1.82) is 0 Å². The van der Waals surface area contributed by atoms with Crippen molar-refractivity contribution in [2.24, 2.45) is 0 Å². The third-order valence-corrected chi connectivity index (χ3v) is 5.78. The van der Waals surface area contributed by atoms with Gasteiger partial charge in [-0.3, -0.25) is 0 Å². The first-order valence-electron chi connectivity index (χ1n) is 10.2. The Labute approximate surface area is 198 Å². The van der Waals surface area contributed by atoms with Crippen molar-refractivity contribution >= 4 is 27.8 Å². The highest BCUT2D eigenvalue weighted by Crippen LogP contribution is 2.43. The Bertz CT molecular complexity index is 1230. The van der Waals surface area contributed by atoms with Crippen LogP contribution in [0.4, 0.5) is 10.3 Å². The molecule has 4 rings (SSSR count). The van der Waals surface area contributed by atoms with Gasteiger partial charge < -0.3 is 19.5 Å². The van der Waals surface area contributed by atoms with E-state index in [2.05, 4.69) is 31.3 Å². The Kier molecular flexibility index (Phi) is 6.64. The molecule has 0 saturated heterocycles. The predicted molar refractivity (Wildman–Crippen MR) is 123 cm³/mol. The molecule has 2 aromatic carbocycles. The van der Waals surface area contributed by atoms with Crippen LogP contribution in [0.2, 0.25) is 0 Å². The number of carbonyl (C=O) groups excluding carboxylic acids is 1. The average molecular weight is 517 g/mol. The number of halogens is 2. The summed E-state index contributed by atoms with van der Waals surface area (Å²) in [4.78, 5) is 17.1. The summed E-state index contributed by atoms with van der Waals surface area (Å²) in [7, 11) is 1.51. The van der Waals surface area contributed by atoms with Crippen molar-refractivity contribution in [2.75, 3.05) is 19.0 Å². The van der Waals surface area contributed by atoms with E-state index in [0.29, 0.717) is 44.3 Å². The summed E-state index contributed by atoms with van der Waals surface area (Å²) < 4.78 is 33.0. The maximum Gasteiger partial charge on any atom is 0.338 e. The molecule has 0 fully saturated rings. The van der Waals surface area contributed by atoms with Crippen molar-refractivity contribution < 1.29 is 23.4 Å². The van der Waals surface area contributed by atoms with E-state index >= 15 is 0 Å². The SMILES string of the molecule is CCOC(=O)C1=C(C)Nc2ncnn2C1c1cc(Br)c(OCc2ccccc2F)c(OC)c1. The van der Waals surface area contributed by atoms with E-state index in [1.54, 1.807) is 42.8 Å². The number of rotatable bonds is 7. The van der Waals surface area contributed by atoms with Crippen molar-refractivity contribution in [1.82, 2.24) is 14.8 Å². The highest BCUT2D eigenvalue weighted by atomic mass is 79.9. The molecule has 1 aliphatic rings. The summed E-state index contributed by atoms with van der Waals surface area (Å²) in [6, 6.07) is 9.38. The van der Waals surface area contributed by atoms with Gasteiger partial charge in [-0.25, -0.2) is 13.9 Å². The van der Waals surface area contributed by atoms with E-state index in [0.717, 1.165) is 0 Å². The molecular formula is C23H22BrFN4O4. The van der Waals surface area contributed by atoms with Crippen LogP contribution < -0.4 is 14.8 Å². The van der Waals surface area contributed by atoms with Crippen LogP contribution >= 0.6 is 15.9 Å². The van der Waals surface area contributed by atoms with Gasteiger partial charge in [0.05, 0.1) is 23.8 Å². The predicted octanol–water partition coefficient (Wildman–Crippen LogP) is 4.62. The van der Waals surface area contributed by atoms with Gasteiger partial charge in [0.15, 0.2) is 11.5 Å². The molecule has 1 N–H and O–H groups in total. The standard InChI is InChI=1S/C23H22BrFN4O4/c1-4-32-22(30)19-13(2)28-23-26-12-27-29(23)20(19)15-9-16(24)21(18(10-15)31-3)33-11-14-7-5-6-8-17(14)25/h5-10,12,20H,4,11H2,1-3H3,(H,26,27,28). The third kappa shape index (κ3) is 4.43. The van der Waals surface area contributed by atoms with Crippen molar-refractivity contribution in [3.8, 4) is 11.5 Å². The van der Waals surface area contributed by atoms with Crippen LogP contribution in [0, 0.1) is 5.82 Å². The van der Waals surface area contributed by atoms with Crippen LogP contribution in [0.5, 0.6) is 11.5 Å². The lowest BCUT2D eigenvalue weighted by molar-refractivity contribution is -0.139. The number of hydrogen-bond acceptors (Lipinski definition) is 7. The topological polar surface area (TPSA) is 87.5 Å². The molecule has 8 nitrogen and oxygen atoms in total. The third-order valence-electron chi connectivity index (χ3n) is 5.19. The lowest BCUT2D eigenvalue weighted by Gasteiger charge is -2.28. The zero-order chi connectivity index (χ0) is 23.5. The second kappa shape index (κ2) is 9.62. The Morgan fingerprint density at radius 1 is 1.30 bits per heavy atom. The van der Waals surface area contributed by atoms with Gasteiger partial charge in [-0.2, -0.15) is 10.1 Å². The molecule has 0 bridgehead atoms. The summed E-state index contributed by atoms with van der Waals surface area (Å²) >= 11 is 3.54. The van der Waals surface area contributed by atoms with Crippen LogP contribution in [0.15, 0.2) is 58.5 Å². The van der Waals surface area contributed by atoms with E-state index in [1.165, 1.54) is 19.5 Å². The van der Waals surface area contributed by atoms with Crippen molar-refractivity contribution in [2.45, 2.75) is 26.5 Å². The first-order chi connectivity index (χ1) is 15.9. The lowest BCUT2D eigenvalue weighted by Crippen LogP contribution is -2.29. The first-order valence-corrected chi connectivity index (χ1v) is 11.0. The summed E-state index contributed by atoms with van der Waals surface area (Å²) in [5.74, 6) is 0.522. The summed E-state index contributed by atoms with van der Waals surface area (Å²) in [5.41, 5.74) is 2.15. The van der Waals surface area contributed by atoms with Gasteiger partial charge in [0.1, 0.15) is 24.8 Å². The number of nitrogens with one attached hydrogen (secondary N) is 1. The second-order valence-corrected chi connectivity index (χ2v) is 8.08. The number of nitrogens with zero attached hydrogens (tertiary/aromatic N) is 3. The second-order valence-electron chi connectivity index (χ2n) is 7.23. The summed E-state index contributed by atoms with van der Waals surface area (Å²) in [6.07, 6.45) is 1.41. The molecule has 3 aromatic rings. The van der Waals surface area contributed by atoms with Gasteiger partial charge >= 0.3 is 5.97 Å². The minimum atomic E-state index is -0.603. The summed E-state index contributed by atoms with van der Waals surface area (Å²) in [6.45, 7) is 3.80. The number of allylic oxidation sites excluding steroid dienone is 1. The Morgan fingerprint density at radius 3 is 2.82 bits per heavy atom. The molecular weight excluding hydrogens is 495 g/mol. The Hall–Kier alpha value is -3.40. The van der Waals surface area contributed by atoms with Crippen LogP contribution in [-0.4, -0.2) is 34.5 Å². The Balaban J connectivity index is 1.74.